The molecule has 34 heavy (non-hydrogen) atoms. The first-order valence-electron chi connectivity index (χ1n) is 11.3. The van der Waals surface area contributed by atoms with Crippen molar-refractivity contribution in [1.29, 1.82) is 0 Å². The van der Waals surface area contributed by atoms with Gasteiger partial charge < -0.3 is 24.0 Å². The van der Waals surface area contributed by atoms with Crippen LogP contribution in [0.3, 0.4) is 0 Å². The third-order valence-corrected chi connectivity index (χ3v) is 5.98. The summed E-state index contributed by atoms with van der Waals surface area (Å²) in [5.41, 5.74) is 3.79. The van der Waals surface area contributed by atoms with Crippen LogP contribution in [-0.4, -0.2) is 68.0 Å². The highest BCUT2D eigenvalue weighted by atomic mass is 16.5. The van der Waals surface area contributed by atoms with Crippen molar-refractivity contribution < 1.29 is 19.0 Å². The van der Waals surface area contributed by atoms with Gasteiger partial charge in [0.1, 0.15) is 5.75 Å². The Bertz CT molecular complexity index is 1140. The summed E-state index contributed by atoms with van der Waals surface area (Å²) in [4.78, 5) is 16.6. The molecule has 8 nitrogen and oxygen atoms in total. The van der Waals surface area contributed by atoms with E-state index in [1.165, 1.54) is 0 Å². The fourth-order valence-electron chi connectivity index (χ4n) is 3.92. The van der Waals surface area contributed by atoms with Gasteiger partial charge in [-0.3, -0.25) is 4.79 Å². The van der Waals surface area contributed by atoms with Crippen molar-refractivity contribution in [3.63, 3.8) is 0 Å². The molecule has 8 heteroatoms. The summed E-state index contributed by atoms with van der Waals surface area (Å²) >= 11 is 0. The number of hydrogen-bond acceptors (Lipinski definition) is 7. The van der Waals surface area contributed by atoms with Gasteiger partial charge in [-0.05, 0) is 61.4 Å². The highest BCUT2D eigenvalue weighted by Crippen LogP contribution is 2.31. The van der Waals surface area contributed by atoms with Crippen molar-refractivity contribution >= 4 is 11.7 Å². The molecule has 0 aliphatic carbocycles. The number of amides is 1. The Balaban J connectivity index is 1.32. The summed E-state index contributed by atoms with van der Waals surface area (Å²) in [6.45, 7) is 6.66. The van der Waals surface area contributed by atoms with Crippen LogP contribution in [0.15, 0.2) is 48.5 Å². The lowest BCUT2D eigenvalue weighted by Gasteiger charge is -2.35. The van der Waals surface area contributed by atoms with Crippen LogP contribution in [0.1, 0.15) is 11.1 Å². The maximum Gasteiger partial charge on any atom is 0.260 e. The number of anilines is 1. The van der Waals surface area contributed by atoms with Crippen molar-refractivity contribution in [3.05, 3.63) is 59.7 Å². The van der Waals surface area contributed by atoms with E-state index < -0.39 is 0 Å². The molecule has 1 aromatic heterocycles. The van der Waals surface area contributed by atoms with Crippen LogP contribution in [0.2, 0.25) is 0 Å². The Hall–Kier alpha value is -3.81. The van der Waals surface area contributed by atoms with Gasteiger partial charge in [-0.1, -0.05) is 12.1 Å². The number of piperazine rings is 1. The van der Waals surface area contributed by atoms with Crippen molar-refractivity contribution in [1.82, 2.24) is 15.1 Å². The number of ether oxygens (including phenoxy) is 3. The molecule has 1 amide bonds. The standard InChI is InChI=1S/C26H30N4O4/c1-18-5-6-19(2)23(15-18)34-17-26(31)30-13-11-29(12-14-30)25-10-8-21(27-28-25)20-7-9-22(32-3)24(16-20)33-4/h5-10,15-16H,11-14,17H2,1-4H3. The second-order valence-corrected chi connectivity index (χ2v) is 8.27. The number of aryl methyl sites for hydroxylation is 2. The van der Waals surface area contributed by atoms with Gasteiger partial charge in [-0.25, -0.2) is 0 Å². The highest BCUT2D eigenvalue weighted by Gasteiger charge is 2.23. The van der Waals surface area contributed by atoms with Crippen LogP contribution in [-0.2, 0) is 4.79 Å². The molecule has 3 aromatic rings. The van der Waals surface area contributed by atoms with Gasteiger partial charge in [-0.15, -0.1) is 10.2 Å². The summed E-state index contributed by atoms with van der Waals surface area (Å²) in [6, 6.07) is 15.6. The number of benzene rings is 2. The number of aromatic nitrogens is 2. The van der Waals surface area contributed by atoms with E-state index in [9.17, 15) is 4.79 Å². The highest BCUT2D eigenvalue weighted by molar-refractivity contribution is 5.78. The van der Waals surface area contributed by atoms with Gasteiger partial charge in [0, 0.05) is 31.7 Å². The smallest absolute Gasteiger partial charge is 0.260 e. The predicted octanol–water partition coefficient (Wildman–Crippen LogP) is 3.51. The average Bonchev–Trinajstić information content (AvgIpc) is 2.88. The first-order valence-corrected chi connectivity index (χ1v) is 11.3. The normalized spacial score (nSPS) is 13.5. The molecule has 178 valence electrons. The number of rotatable bonds is 7. The van der Waals surface area contributed by atoms with E-state index in [1.54, 1.807) is 14.2 Å². The topological polar surface area (TPSA) is 77.0 Å². The Morgan fingerprint density at radius 2 is 1.62 bits per heavy atom. The lowest BCUT2D eigenvalue weighted by Crippen LogP contribution is -2.50. The van der Waals surface area contributed by atoms with E-state index in [1.807, 2.05) is 67.3 Å². The van der Waals surface area contributed by atoms with E-state index in [0.29, 0.717) is 37.7 Å². The van der Waals surface area contributed by atoms with Gasteiger partial charge in [0.15, 0.2) is 23.9 Å². The molecule has 0 saturated carbocycles. The lowest BCUT2D eigenvalue weighted by atomic mass is 10.1. The van der Waals surface area contributed by atoms with Crippen molar-refractivity contribution in [2.75, 3.05) is 51.9 Å². The third kappa shape index (κ3) is 5.22. The Morgan fingerprint density at radius 1 is 0.853 bits per heavy atom. The minimum absolute atomic E-state index is 0.00422. The van der Waals surface area contributed by atoms with Crippen molar-refractivity contribution in [3.8, 4) is 28.5 Å². The largest absolute Gasteiger partial charge is 0.493 e. The number of hydrogen-bond donors (Lipinski definition) is 0. The minimum Gasteiger partial charge on any atom is -0.493 e. The van der Waals surface area contributed by atoms with Crippen LogP contribution >= 0.6 is 0 Å². The molecule has 0 spiro atoms. The van der Waals surface area contributed by atoms with Gasteiger partial charge in [0.25, 0.3) is 5.91 Å². The Kier molecular flexibility index (Phi) is 7.15. The molecular formula is C26H30N4O4. The average molecular weight is 463 g/mol. The molecule has 2 heterocycles. The van der Waals surface area contributed by atoms with Crippen LogP contribution in [0.4, 0.5) is 5.82 Å². The first kappa shape index (κ1) is 23.4. The second kappa shape index (κ2) is 10.4. The molecule has 0 N–H and O–H groups in total. The van der Waals surface area contributed by atoms with E-state index in [0.717, 1.165) is 34.0 Å². The van der Waals surface area contributed by atoms with Crippen LogP contribution in [0, 0.1) is 13.8 Å². The van der Waals surface area contributed by atoms with E-state index >= 15 is 0 Å². The Labute approximate surface area is 200 Å². The van der Waals surface area contributed by atoms with Crippen molar-refractivity contribution in [2.45, 2.75) is 13.8 Å². The molecule has 2 aromatic carbocycles. The number of methoxy groups -OCH3 is 2. The molecule has 4 rings (SSSR count). The monoisotopic (exact) mass is 462 g/mol. The summed E-state index contributed by atoms with van der Waals surface area (Å²) in [5, 5.41) is 8.82. The van der Waals surface area contributed by atoms with E-state index in [2.05, 4.69) is 15.1 Å². The van der Waals surface area contributed by atoms with Gasteiger partial charge in [-0.2, -0.15) is 0 Å². The fraction of sp³-hybridized carbons (Fsp3) is 0.346. The van der Waals surface area contributed by atoms with Crippen LogP contribution < -0.4 is 19.1 Å². The predicted molar refractivity (Wildman–Crippen MR) is 131 cm³/mol. The van der Waals surface area contributed by atoms with E-state index in [-0.39, 0.29) is 12.5 Å². The number of carbonyl (C=O) groups is 1. The molecule has 0 radical (unpaired) electrons. The molecule has 1 fully saturated rings. The maximum absolute atomic E-state index is 12.6. The van der Waals surface area contributed by atoms with Gasteiger partial charge in [0.2, 0.25) is 0 Å². The number of carbonyl (C=O) groups excluding carboxylic acids is 1. The number of nitrogens with zero attached hydrogens (tertiary/aromatic N) is 4. The quantitative estimate of drug-likeness (QED) is 0.532. The molecule has 0 unspecified atom stereocenters. The maximum atomic E-state index is 12.6. The molecule has 1 aliphatic rings. The van der Waals surface area contributed by atoms with Crippen LogP contribution in [0.5, 0.6) is 17.2 Å². The summed E-state index contributed by atoms with van der Waals surface area (Å²) < 4.78 is 16.5. The summed E-state index contributed by atoms with van der Waals surface area (Å²) in [7, 11) is 3.22. The first-order chi connectivity index (χ1) is 16.5. The van der Waals surface area contributed by atoms with Crippen LogP contribution in [0.25, 0.3) is 11.3 Å². The molecule has 0 bridgehead atoms. The second-order valence-electron chi connectivity index (χ2n) is 8.27. The summed E-state index contributed by atoms with van der Waals surface area (Å²) in [6.07, 6.45) is 0. The molecule has 0 atom stereocenters. The molecule has 1 saturated heterocycles. The van der Waals surface area contributed by atoms with Gasteiger partial charge >= 0.3 is 0 Å². The summed E-state index contributed by atoms with van der Waals surface area (Å²) in [5.74, 6) is 2.87. The fourth-order valence-corrected chi connectivity index (χ4v) is 3.92. The zero-order valence-corrected chi connectivity index (χ0v) is 20.1. The lowest BCUT2D eigenvalue weighted by molar-refractivity contribution is -0.133. The third-order valence-electron chi connectivity index (χ3n) is 5.98. The van der Waals surface area contributed by atoms with Crippen molar-refractivity contribution in [2.24, 2.45) is 0 Å². The van der Waals surface area contributed by atoms with E-state index in [4.69, 9.17) is 14.2 Å². The zero-order chi connectivity index (χ0) is 24.1. The van der Waals surface area contributed by atoms with Gasteiger partial charge in [0.05, 0.1) is 19.9 Å². The SMILES string of the molecule is COc1ccc(-c2ccc(N3CCN(C(=O)COc4cc(C)ccc4C)CC3)nn2)cc1OC. The minimum atomic E-state index is -0.00422. The molecular weight excluding hydrogens is 432 g/mol. The zero-order valence-electron chi connectivity index (χ0n) is 20.1. The Morgan fingerprint density at radius 3 is 2.29 bits per heavy atom. The molecule has 1 aliphatic heterocycles.